The van der Waals surface area contributed by atoms with E-state index in [4.69, 9.17) is 16.3 Å². The molecule has 0 spiro atoms. The van der Waals surface area contributed by atoms with Gasteiger partial charge in [-0.25, -0.2) is 0 Å². The molecule has 12 heavy (non-hydrogen) atoms. The summed E-state index contributed by atoms with van der Waals surface area (Å²) in [5, 5.41) is 9.91. The smallest absolute Gasteiger partial charge is 0.126 e. The Bertz CT molecular complexity index is 271. The molecule has 0 fully saturated rings. The molecule has 0 aliphatic heterocycles. The van der Waals surface area contributed by atoms with E-state index in [1.165, 1.54) is 0 Å². The topological polar surface area (TPSA) is 29.5 Å². The maximum Gasteiger partial charge on any atom is 0.126 e. The van der Waals surface area contributed by atoms with E-state index >= 15 is 0 Å². The molecule has 0 aliphatic carbocycles. The molecular weight excluding hydrogens is 176 g/mol. The summed E-state index contributed by atoms with van der Waals surface area (Å²) in [6, 6.07) is 5.17. The lowest BCUT2D eigenvalue weighted by atomic mass is 10.1. The molecule has 1 aromatic rings. The second kappa shape index (κ2) is 3.78. The van der Waals surface area contributed by atoms with Crippen molar-refractivity contribution in [1.82, 2.24) is 0 Å². The molecule has 0 radical (unpaired) electrons. The van der Waals surface area contributed by atoms with Gasteiger partial charge in [0.25, 0.3) is 0 Å². The number of halogens is 1. The highest BCUT2D eigenvalue weighted by Crippen LogP contribution is 2.27. The molecule has 0 bridgehead atoms. The fraction of sp³-hybridized carbons (Fsp3) is 0.333. The Labute approximate surface area is 76.7 Å². The summed E-state index contributed by atoms with van der Waals surface area (Å²) in [6.45, 7) is 1.69. The van der Waals surface area contributed by atoms with Crippen molar-refractivity contribution in [3.63, 3.8) is 0 Å². The number of ether oxygens (including phenoxy) is 1. The minimum atomic E-state index is -0.530. The zero-order valence-corrected chi connectivity index (χ0v) is 7.80. The van der Waals surface area contributed by atoms with Crippen LogP contribution < -0.4 is 4.74 Å². The van der Waals surface area contributed by atoms with Crippen molar-refractivity contribution in [2.75, 3.05) is 7.11 Å². The Balaban J connectivity index is 3.11. The molecule has 0 aliphatic rings. The Morgan fingerprint density at radius 2 is 2.17 bits per heavy atom. The van der Waals surface area contributed by atoms with Crippen LogP contribution in [0, 0.1) is 0 Å². The van der Waals surface area contributed by atoms with Crippen molar-refractivity contribution < 1.29 is 9.84 Å². The molecule has 1 atom stereocenters. The van der Waals surface area contributed by atoms with E-state index in [0.717, 1.165) is 5.56 Å². The first-order valence-corrected chi connectivity index (χ1v) is 4.04. The van der Waals surface area contributed by atoms with E-state index in [0.29, 0.717) is 10.8 Å². The molecule has 0 amide bonds. The van der Waals surface area contributed by atoms with Gasteiger partial charge in [-0.05, 0) is 19.1 Å². The first-order chi connectivity index (χ1) is 5.65. The largest absolute Gasteiger partial charge is 0.496 e. The third-order valence-corrected chi connectivity index (χ3v) is 1.88. The number of benzene rings is 1. The number of hydrogen-bond acceptors (Lipinski definition) is 2. The zero-order chi connectivity index (χ0) is 9.14. The van der Waals surface area contributed by atoms with Crippen LogP contribution in [-0.2, 0) is 0 Å². The van der Waals surface area contributed by atoms with Gasteiger partial charge in [0.05, 0.1) is 13.2 Å². The number of rotatable bonds is 2. The fourth-order valence-corrected chi connectivity index (χ4v) is 1.19. The van der Waals surface area contributed by atoms with E-state index in [9.17, 15) is 5.11 Å². The Hall–Kier alpha value is -0.730. The molecule has 1 N–H and O–H groups in total. The number of hydrogen-bond donors (Lipinski definition) is 1. The van der Waals surface area contributed by atoms with Crippen LogP contribution in [0.15, 0.2) is 18.2 Å². The van der Waals surface area contributed by atoms with Gasteiger partial charge in [0.1, 0.15) is 5.75 Å². The molecule has 2 nitrogen and oxygen atoms in total. The van der Waals surface area contributed by atoms with E-state index < -0.39 is 6.10 Å². The normalized spacial score (nSPS) is 12.7. The quantitative estimate of drug-likeness (QED) is 0.769. The van der Waals surface area contributed by atoms with Crippen LogP contribution >= 0.6 is 11.6 Å². The van der Waals surface area contributed by atoms with Gasteiger partial charge in [-0.2, -0.15) is 0 Å². The number of methoxy groups -OCH3 is 1. The van der Waals surface area contributed by atoms with Crippen LogP contribution in [0.2, 0.25) is 5.02 Å². The standard InChI is InChI=1S/C9H11ClO2/c1-6(11)8-4-3-7(10)5-9(8)12-2/h3-6,11H,1-2H3. The first kappa shape index (κ1) is 9.36. The lowest BCUT2D eigenvalue weighted by Crippen LogP contribution is -1.95. The van der Waals surface area contributed by atoms with Crippen LogP contribution in [0.1, 0.15) is 18.6 Å². The van der Waals surface area contributed by atoms with Crippen molar-refractivity contribution in [3.8, 4) is 5.75 Å². The molecule has 0 heterocycles. The van der Waals surface area contributed by atoms with Gasteiger partial charge in [0.15, 0.2) is 0 Å². The van der Waals surface area contributed by atoms with Crippen LogP contribution in [0.3, 0.4) is 0 Å². The maximum atomic E-state index is 9.30. The highest BCUT2D eigenvalue weighted by molar-refractivity contribution is 6.30. The van der Waals surface area contributed by atoms with Crippen molar-refractivity contribution >= 4 is 11.6 Å². The SMILES string of the molecule is COc1cc(Cl)ccc1C(C)O. The van der Waals surface area contributed by atoms with Crippen molar-refractivity contribution in [1.29, 1.82) is 0 Å². The molecule has 1 aromatic carbocycles. The molecule has 0 saturated carbocycles. The summed E-state index contributed by atoms with van der Waals surface area (Å²) < 4.78 is 5.04. The third kappa shape index (κ3) is 1.90. The summed E-state index contributed by atoms with van der Waals surface area (Å²) in [5.74, 6) is 0.623. The number of aliphatic hydroxyl groups excluding tert-OH is 1. The van der Waals surface area contributed by atoms with Crippen LogP contribution in [-0.4, -0.2) is 12.2 Å². The Morgan fingerprint density at radius 3 is 2.67 bits per heavy atom. The van der Waals surface area contributed by atoms with Crippen LogP contribution in [0.25, 0.3) is 0 Å². The van der Waals surface area contributed by atoms with Gasteiger partial charge in [-0.1, -0.05) is 17.7 Å². The maximum absolute atomic E-state index is 9.30. The predicted octanol–water partition coefficient (Wildman–Crippen LogP) is 2.40. The highest BCUT2D eigenvalue weighted by atomic mass is 35.5. The van der Waals surface area contributed by atoms with E-state index in [-0.39, 0.29) is 0 Å². The third-order valence-electron chi connectivity index (χ3n) is 1.65. The second-order valence-electron chi connectivity index (χ2n) is 2.56. The van der Waals surface area contributed by atoms with Crippen molar-refractivity contribution in [2.45, 2.75) is 13.0 Å². The van der Waals surface area contributed by atoms with Gasteiger partial charge in [0.2, 0.25) is 0 Å². The lowest BCUT2D eigenvalue weighted by molar-refractivity contribution is 0.194. The molecule has 1 unspecified atom stereocenters. The summed E-state index contributed by atoms with van der Waals surface area (Å²) in [5.41, 5.74) is 0.752. The molecule has 1 rings (SSSR count). The van der Waals surface area contributed by atoms with Crippen molar-refractivity contribution in [3.05, 3.63) is 28.8 Å². The van der Waals surface area contributed by atoms with Crippen molar-refractivity contribution in [2.24, 2.45) is 0 Å². The molecule has 0 saturated heterocycles. The minimum Gasteiger partial charge on any atom is -0.496 e. The minimum absolute atomic E-state index is 0.530. The molecule has 0 aromatic heterocycles. The molecule has 66 valence electrons. The summed E-state index contributed by atoms with van der Waals surface area (Å²) in [7, 11) is 1.55. The Morgan fingerprint density at radius 1 is 1.50 bits per heavy atom. The predicted molar refractivity (Wildman–Crippen MR) is 48.6 cm³/mol. The lowest BCUT2D eigenvalue weighted by Gasteiger charge is -2.10. The van der Waals surface area contributed by atoms with Gasteiger partial charge < -0.3 is 9.84 Å². The first-order valence-electron chi connectivity index (χ1n) is 3.66. The average molecular weight is 187 g/mol. The number of aliphatic hydroxyl groups is 1. The summed E-state index contributed by atoms with van der Waals surface area (Å²) >= 11 is 5.74. The van der Waals surface area contributed by atoms with Crippen LogP contribution in [0.5, 0.6) is 5.75 Å². The van der Waals surface area contributed by atoms with Gasteiger partial charge in [-0.15, -0.1) is 0 Å². The monoisotopic (exact) mass is 186 g/mol. The fourth-order valence-electron chi connectivity index (χ4n) is 1.03. The van der Waals surface area contributed by atoms with E-state index in [2.05, 4.69) is 0 Å². The summed E-state index contributed by atoms with van der Waals surface area (Å²) in [4.78, 5) is 0. The van der Waals surface area contributed by atoms with E-state index in [1.807, 2.05) is 0 Å². The van der Waals surface area contributed by atoms with Crippen LogP contribution in [0.4, 0.5) is 0 Å². The van der Waals surface area contributed by atoms with Gasteiger partial charge in [-0.3, -0.25) is 0 Å². The molecular formula is C9H11ClO2. The Kier molecular flexibility index (Phi) is 2.95. The van der Waals surface area contributed by atoms with E-state index in [1.54, 1.807) is 32.2 Å². The summed E-state index contributed by atoms with van der Waals surface area (Å²) in [6.07, 6.45) is -0.530. The average Bonchev–Trinajstić information content (AvgIpc) is 2.03. The van der Waals surface area contributed by atoms with Gasteiger partial charge in [0, 0.05) is 10.6 Å². The second-order valence-corrected chi connectivity index (χ2v) is 3.00. The zero-order valence-electron chi connectivity index (χ0n) is 7.04. The highest BCUT2D eigenvalue weighted by Gasteiger charge is 2.07. The molecule has 3 heteroatoms. The van der Waals surface area contributed by atoms with Gasteiger partial charge >= 0.3 is 0 Å².